The number of nitrogens with zero attached hydrogens (tertiary/aromatic N) is 4. The molecule has 0 atom stereocenters. The fraction of sp³-hybridized carbons (Fsp3) is 0. The first kappa shape index (κ1) is 39.7. The third-order valence-corrected chi connectivity index (χ3v) is 17.8. The fourth-order valence-electron chi connectivity index (χ4n) is 15.1. The zero-order valence-electron chi connectivity index (χ0n) is 41.0. The Morgan fingerprint density at radius 3 is 1.71 bits per heavy atom. The highest BCUT2D eigenvalue weighted by Crippen LogP contribution is 2.51. The third-order valence-electron chi connectivity index (χ3n) is 17.8. The van der Waals surface area contributed by atoms with Crippen LogP contribution in [0, 0.1) is 0 Å². The normalized spacial score (nSPS) is 13.8. The maximum atomic E-state index is 4.34. The summed E-state index contributed by atoms with van der Waals surface area (Å²) in [6.45, 7) is -0.153. The maximum Gasteiger partial charge on any atom is 0.282 e. The Labute approximate surface area is 437 Å². The van der Waals surface area contributed by atoms with E-state index in [0.29, 0.717) is 0 Å². The molecular weight excluding hydrogens is 920 g/mol. The molecule has 0 bridgehead atoms. The highest BCUT2D eigenvalue weighted by Gasteiger charge is 2.51. The van der Waals surface area contributed by atoms with Crippen molar-refractivity contribution in [2.24, 2.45) is 0 Å². The molecule has 14 aromatic rings. The van der Waals surface area contributed by atoms with Gasteiger partial charge in [-0.3, -0.25) is 0 Å². The van der Waals surface area contributed by atoms with Crippen molar-refractivity contribution in [1.82, 2.24) is 4.57 Å². The summed E-state index contributed by atoms with van der Waals surface area (Å²) in [5.41, 5.74) is 25.0. The lowest BCUT2D eigenvalue weighted by molar-refractivity contribution is -0.546. The monoisotopic (exact) mass is 960 g/mol. The number of hydrogen-bond donors (Lipinski definition) is 1. The van der Waals surface area contributed by atoms with Crippen LogP contribution in [0.25, 0.3) is 87.5 Å². The molecule has 0 aliphatic carbocycles. The summed E-state index contributed by atoms with van der Waals surface area (Å²) in [6.07, 6.45) is 0. The number of rotatable bonds is 2. The van der Waals surface area contributed by atoms with Crippen molar-refractivity contribution in [1.29, 1.82) is 0 Å². The number of pyridine rings is 1. The minimum Gasteiger partial charge on any atom is -0.311 e. The van der Waals surface area contributed by atoms with Gasteiger partial charge in [0.2, 0.25) is 0 Å². The minimum atomic E-state index is -0.0912. The molecule has 5 aliphatic heterocycles. The van der Waals surface area contributed by atoms with E-state index in [4.69, 9.17) is 0 Å². The van der Waals surface area contributed by atoms with Crippen LogP contribution in [-0.4, -0.2) is 18.0 Å². The molecule has 0 amide bonds. The van der Waals surface area contributed by atoms with Gasteiger partial charge in [-0.15, -0.1) is 0 Å². The number of hydrogen-bond acceptors (Lipinski definition) is 3. The van der Waals surface area contributed by atoms with Crippen molar-refractivity contribution in [3.8, 4) is 22.5 Å². The minimum absolute atomic E-state index is 0.0616. The standard InChI is InChI=1S/C69H39B2N5/c1-3-20-42(21-4-1)73-56-33-16-14-31-51(56)71-53-38-52-54(39-59(53)75-58-37-35-41-19-8-10-25-45(41)61(58)62-46-26-11-12-27-47(46)66(73)63(71)68(62)75)72-69-64-67(74(43-22-5-2-6-23-43)55-32-15-13-30-50(55)70(52)64)49-29-17-28-48-60-44-24-9-7-18-40(44)34-36-57(60)76(69)65(48)49/h1-39H/p+1. The van der Waals surface area contributed by atoms with E-state index in [1.807, 2.05) is 0 Å². The Morgan fingerprint density at radius 1 is 0.395 bits per heavy atom. The van der Waals surface area contributed by atoms with Crippen LogP contribution in [-0.2, 0) is 0 Å². The van der Waals surface area contributed by atoms with Gasteiger partial charge < -0.3 is 14.4 Å². The zero-order valence-corrected chi connectivity index (χ0v) is 41.0. The van der Waals surface area contributed by atoms with E-state index >= 15 is 0 Å². The van der Waals surface area contributed by atoms with Crippen LogP contribution in [0.4, 0.5) is 45.6 Å². The summed E-state index contributed by atoms with van der Waals surface area (Å²) < 4.78 is 5.24. The van der Waals surface area contributed by atoms with E-state index < -0.39 is 0 Å². The van der Waals surface area contributed by atoms with Crippen LogP contribution in [0.15, 0.2) is 237 Å². The lowest BCUT2D eigenvalue weighted by atomic mass is 9.30. The van der Waals surface area contributed by atoms with Gasteiger partial charge in [-0.1, -0.05) is 170 Å². The van der Waals surface area contributed by atoms with Crippen molar-refractivity contribution in [2.45, 2.75) is 0 Å². The fourth-order valence-corrected chi connectivity index (χ4v) is 15.1. The van der Waals surface area contributed by atoms with Gasteiger partial charge in [0.15, 0.2) is 5.52 Å². The number of para-hydroxylation sites is 5. The molecule has 1 N–H and O–H groups in total. The van der Waals surface area contributed by atoms with E-state index in [-0.39, 0.29) is 13.4 Å². The van der Waals surface area contributed by atoms with Crippen LogP contribution in [0.3, 0.4) is 0 Å². The van der Waals surface area contributed by atoms with E-state index in [2.05, 4.69) is 261 Å². The Morgan fingerprint density at radius 2 is 0.974 bits per heavy atom. The molecule has 0 radical (unpaired) electrons. The van der Waals surface area contributed by atoms with Crippen LogP contribution in [0.2, 0.25) is 0 Å². The molecule has 7 heterocycles. The van der Waals surface area contributed by atoms with Crippen molar-refractivity contribution in [2.75, 3.05) is 15.1 Å². The molecule has 2 aromatic heterocycles. The van der Waals surface area contributed by atoms with Gasteiger partial charge in [-0.25, -0.2) is 5.32 Å². The number of nitrogens with one attached hydrogen (secondary N) is 1. The van der Waals surface area contributed by atoms with Gasteiger partial charge in [-0.05, 0) is 115 Å². The first-order chi connectivity index (χ1) is 37.8. The van der Waals surface area contributed by atoms with E-state index in [1.54, 1.807) is 0 Å². The van der Waals surface area contributed by atoms with Crippen molar-refractivity contribution in [3.05, 3.63) is 237 Å². The van der Waals surface area contributed by atoms with Crippen molar-refractivity contribution in [3.63, 3.8) is 0 Å². The summed E-state index contributed by atoms with van der Waals surface area (Å²) in [5.74, 6) is 1.12. The molecule has 0 fully saturated rings. The van der Waals surface area contributed by atoms with E-state index in [1.165, 1.54) is 143 Å². The Kier molecular flexibility index (Phi) is 7.33. The zero-order chi connectivity index (χ0) is 49.1. The van der Waals surface area contributed by atoms with Gasteiger partial charge in [0, 0.05) is 72.6 Å². The first-order valence-electron chi connectivity index (χ1n) is 26.6. The Hall–Kier alpha value is -9.84. The molecule has 0 spiro atoms. The van der Waals surface area contributed by atoms with Gasteiger partial charge in [0.25, 0.3) is 19.2 Å². The second-order valence-electron chi connectivity index (χ2n) is 21.3. The quantitative estimate of drug-likeness (QED) is 0.138. The number of anilines is 8. The Bertz CT molecular complexity index is 5010. The molecule has 346 valence electrons. The molecule has 0 saturated heterocycles. The number of fused-ring (bicyclic) bond motifs is 24. The van der Waals surface area contributed by atoms with Crippen LogP contribution >= 0.6 is 0 Å². The van der Waals surface area contributed by atoms with Crippen LogP contribution in [0.5, 0.6) is 0 Å². The highest BCUT2D eigenvalue weighted by atomic mass is 15.2. The average molecular weight is 961 g/mol. The topological polar surface area (TPSA) is 27.3 Å². The second kappa shape index (κ2) is 14.1. The first-order valence-corrected chi connectivity index (χ1v) is 26.6. The lowest BCUT2D eigenvalue weighted by Gasteiger charge is -2.42. The summed E-state index contributed by atoms with van der Waals surface area (Å²) in [7, 11) is 0. The van der Waals surface area contributed by atoms with Gasteiger partial charge in [0.05, 0.1) is 22.4 Å². The molecular formula is C69H40B2N5+. The number of benzene rings is 12. The summed E-state index contributed by atoms with van der Waals surface area (Å²) in [5, 5.41) is 15.8. The van der Waals surface area contributed by atoms with Crippen LogP contribution in [0.1, 0.15) is 0 Å². The summed E-state index contributed by atoms with van der Waals surface area (Å²) >= 11 is 0. The lowest BCUT2D eigenvalue weighted by Crippen LogP contribution is -2.65. The van der Waals surface area contributed by atoms with Crippen LogP contribution < -0.4 is 52.5 Å². The second-order valence-corrected chi connectivity index (χ2v) is 21.3. The molecule has 0 unspecified atom stereocenters. The van der Waals surface area contributed by atoms with Gasteiger partial charge >= 0.3 is 0 Å². The van der Waals surface area contributed by atoms with Crippen molar-refractivity contribution < 1.29 is 4.57 Å². The van der Waals surface area contributed by atoms with Crippen molar-refractivity contribution >= 4 is 157 Å². The molecule has 19 rings (SSSR count). The summed E-state index contributed by atoms with van der Waals surface area (Å²) in [4.78, 5) is 5.11. The predicted octanol–water partition coefficient (Wildman–Crippen LogP) is 12.6. The average Bonchev–Trinajstić information content (AvgIpc) is 4.23. The SMILES string of the molecule is c1ccc(N2c3ccccc3B3c4cc5c(cc4-n4c6ccc7ccccc7c6c6c7ccccc7c2c3c64)Nc2c3c(c4cccc6c4[n+]2-c2ccc4ccccc4c2-6)N(c2ccccc2)c2ccccc2B53)cc1. The molecule has 5 nitrogen and oxygen atoms in total. The molecule has 7 heteroatoms. The Balaban J connectivity index is 0.985. The van der Waals surface area contributed by atoms with Gasteiger partial charge in [0.1, 0.15) is 11.4 Å². The largest absolute Gasteiger partial charge is 0.311 e. The molecule has 12 aromatic carbocycles. The summed E-state index contributed by atoms with van der Waals surface area (Å²) in [6, 6.07) is 89.1. The molecule has 5 aliphatic rings. The predicted molar refractivity (Wildman–Crippen MR) is 320 cm³/mol. The van der Waals surface area contributed by atoms with E-state index in [0.717, 1.165) is 22.9 Å². The van der Waals surface area contributed by atoms with Gasteiger partial charge in [-0.2, -0.15) is 4.57 Å². The number of aromatic nitrogens is 2. The molecule has 0 saturated carbocycles. The smallest absolute Gasteiger partial charge is 0.282 e. The highest BCUT2D eigenvalue weighted by molar-refractivity contribution is 7.03. The molecule has 76 heavy (non-hydrogen) atoms. The third kappa shape index (κ3) is 4.71. The maximum absolute atomic E-state index is 4.34. The van der Waals surface area contributed by atoms with E-state index in [9.17, 15) is 0 Å².